The van der Waals surface area contributed by atoms with E-state index < -0.39 is 6.61 Å². The molecule has 1 fully saturated rings. The van der Waals surface area contributed by atoms with Gasteiger partial charge in [0.05, 0.1) is 31.8 Å². The minimum absolute atomic E-state index is 0.00288. The summed E-state index contributed by atoms with van der Waals surface area (Å²) < 4.78 is 39.4. The van der Waals surface area contributed by atoms with Crippen molar-refractivity contribution < 1.29 is 32.6 Å². The Morgan fingerprint density at radius 2 is 1.96 bits per heavy atom. The van der Waals surface area contributed by atoms with Crippen LogP contribution in [0, 0.1) is 0 Å². The summed E-state index contributed by atoms with van der Waals surface area (Å²) in [5.41, 5.74) is 0.712. The molecule has 7 nitrogen and oxygen atoms in total. The SMILES string of the molecule is COc1cc(CN(C)C(=O)CSCC(=O)N2CCOCC2)ccc1OC(F)F. The third-order valence-corrected chi connectivity index (χ3v) is 5.01. The Hall–Kier alpha value is -2.07. The summed E-state index contributed by atoms with van der Waals surface area (Å²) in [6.07, 6.45) is 0. The third kappa shape index (κ3) is 6.83. The van der Waals surface area contributed by atoms with Gasteiger partial charge in [-0.05, 0) is 17.7 Å². The van der Waals surface area contributed by atoms with Crippen molar-refractivity contribution in [3.63, 3.8) is 0 Å². The van der Waals surface area contributed by atoms with Crippen LogP contribution in [0.4, 0.5) is 8.78 Å². The molecule has 0 unspecified atom stereocenters. The number of carbonyl (C=O) groups excluding carboxylic acids is 2. The van der Waals surface area contributed by atoms with Crippen molar-refractivity contribution in [3.05, 3.63) is 23.8 Å². The number of rotatable bonds is 9. The van der Waals surface area contributed by atoms with Gasteiger partial charge in [-0.2, -0.15) is 8.78 Å². The van der Waals surface area contributed by atoms with Crippen LogP contribution in [0.5, 0.6) is 11.5 Å². The van der Waals surface area contributed by atoms with Crippen LogP contribution in [0.3, 0.4) is 0 Å². The summed E-state index contributed by atoms with van der Waals surface area (Å²) in [7, 11) is 3.00. The summed E-state index contributed by atoms with van der Waals surface area (Å²) in [5.74, 6) is 0.398. The van der Waals surface area contributed by atoms with Gasteiger partial charge in [-0.25, -0.2) is 0 Å². The van der Waals surface area contributed by atoms with Crippen molar-refractivity contribution in [2.45, 2.75) is 13.2 Å². The first-order valence-electron chi connectivity index (χ1n) is 8.69. The lowest BCUT2D eigenvalue weighted by atomic mass is 10.2. The predicted molar refractivity (Wildman–Crippen MR) is 101 cm³/mol. The Kier molecular flexibility index (Phi) is 8.78. The smallest absolute Gasteiger partial charge is 0.387 e. The van der Waals surface area contributed by atoms with Gasteiger partial charge in [0.25, 0.3) is 0 Å². The molecular formula is C18H24F2N2O5S. The van der Waals surface area contributed by atoms with Gasteiger partial charge in [-0.15, -0.1) is 11.8 Å². The van der Waals surface area contributed by atoms with E-state index in [1.807, 2.05) is 0 Å². The van der Waals surface area contributed by atoms with E-state index in [1.54, 1.807) is 24.1 Å². The fourth-order valence-electron chi connectivity index (χ4n) is 2.61. The molecule has 2 rings (SSSR count). The standard InChI is InChI=1S/C18H24F2N2O5S/c1-21(10-13-3-4-14(27-18(19)20)15(9-13)25-2)16(23)11-28-12-17(24)22-5-7-26-8-6-22/h3-4,9,18H,5-8,10-12H2,1-2H3. The summed E-state index contributed by atoms with van der Waals surface area (Å²) in [6, 6.07) is 4.53. The molecule has 10 heteroatoms. The van der Waals surface area contributed by atoms with E-state index in [0.29, 0.717) is 31.9 Å². The lowest BCUT2D eigenvalue weighted by Gasteiger charge is -2.26. The molecule has 0 atom stereocenters. The fraction of sp³-hybridized carbons (Fsp3) is 0.556. The van der Waals surface area contributed by atoms with Crippen LogP contribution in [-0.2, 0) is 20.9 Å². The second kappa shape index (κ2) is 11.1. The lowest BCUT2D eigenvalue weighted by molar-refractivity contribution is -0.132. The van der Waals surface area contributed by atoms with E-state index in [1.165, 1.54) is 29.8 Å². The van der Waals surface area contributed by atoms with Crippen molar-refractivity contribution in [2.75, 3.05) is 52.0 Å². The molecule has 0 saturated carbocycles. The van der Waals surface area contributed by atoms with Crippen LogP contribution in [0.25, 0.3) is 0 Å². The van der Waals surface area contributed by atoms with E-state index in [9.17, 15) is 18.4 Å². The number of benzene rings is 1. The Labute approximate surface area is 166 Å². The van der Waals surface area contributed by atoms with Gasteiger partial charge in [-0.3, -0.25) is 9.59 Å². The van der Waals surface area contributed by atoms with Crippen molar-refractivity contribution in [1.82, 2.24) is 9.80 Å². The molecule has 0 bridgehead atoms. The highest BCUT2D eigenvalue weighted by Crippen LogP contribution is 2.29. The number of carbonyl (C=O) groups is 2. The number of halogens is 2. The molecule has 0 aliphatic carbocycles. The average molecular weight is 418 g/mol. The molecule has 1 aliphatic rings. The van der Waals surface area contributed by atoms with E-state index in [0.717, 1.165) is 0 Å². The van der Waals surface area contributed by atoms with Crippen molar-refractivity contribution >= 4 is 23.6 Å². The lowest BCUT2D eigenvalue weighted by Crippen LogP contribution is -2.41. The molecule has 0 N–H and O–H groups in total. The zero-order valence-electron chi connectivity index (χ0n) is 15.9. The highest BCUT2D eigenvalue weighted by Gasteiger charge is 2.18. The zero-order valence-corrected chi connectivity index (χ0v) is 16.7. The summed E-state index contributed by atoms with van der Waals surface area (Å²) in [6.45, 7) is -0.407. The van der Waals surface area contributed by atoms with Gasteiger partial charge < -0.3 is 24.0 Å². The molecule has 1 saturated heterocycles. The first-order chi connectivity index (χ1) is 13.4. The van der Waals surface area contributed by atoms with E-state index in [-0.39, 0.29) is 41.4 Å². The molecule has 2 amide bonds. The minimum Gasteiger partial charge on any atom is -0.493 e. The Bertz CT molecular complexity index is 671. The molecule has 1 aromatic rings. The molecule has 28 heavy (non-hydrogen) atoms. The topological polar surface area (TPSA) is 68.3 Å². The van der Waals surface area contributed by atoms with E-state index in [4.69, 9.17) is 9.47 Å². The number of nitrogens with zero attached hydrogens (tertiary/aromatic N) is 2. The maximum atomic E-state index is 12.4. The highest BCUT2D eigenvalue weighted by molar-refractivity contribution is 8.00. The maximum absolute atomic E-state index is 12.4. The Balaban J connectivity index is 1.80. The number of ether oxygens (including phenoxy) is 3. The number of methoxy groups -OCH3 is 1. The second-order valence-corrected chi connectivity index (χ2v) is 7.09. The predicted octanol–water partition coefficient (Wildman–Crippen LogP) is 1.85. The minimum atomic E-state index is -2.94. The quantitative estimate of drug-likeness (QED) is 0.610. The van der Waals surface area contributed by atoms with Crippen LogP contribution in [0.15, 0.2) is 18.2 Å². The number of hydrogen-bond acceptors (Lipinski definition) is 6. The zero-order chi connectivity index (χ0) is 20.5. The molecule has 1 aliphatic heterocycles. The van der Waals surface area contributed by atoms with Crippen LogP contribution in [-0.4, -0.2) is 80.2 Å². The first-order valence-corrected chi connectivity index (χ1v) is 9.85. The van der Waals surface area contributed by atoms with Gasteiger partial charge >= 0.3 is 6.61 Å². The monoisotopic (exact) mass is 418 g/mol. The molecule has 1 heterocycles. The van der Waals surface area contributed by atoms with Gasteiger partial charge in [0.2, 0.25) is 11.8 Å². The number of amides is 2. The highest BCUT2D eigenvalue weighted by atomic mass is 32.2. The summed E-state index contributed by atoms with van der Waals surface area (Å²) >= 11 is 1.27. The van der Waals surface area contributed by atoms with Crippen LogP contribution < -0.4 is 9.47 Å². The number of alkyl halides is 2. The van der Waals surface area contributed by atoms with Crippen molar-refractivity contribution in [1.29, 1.82) is 0 Å². The first kappa shape index (κ1) is 22.2. The average Bonchev–Trinajstić information content (AvgIpc) is 2.69. The molecule has 0 aromatic heterocycles. The van der Waals surface area contributed by atoms with Crippen LogP contribution in [0.1, 0.15) is 5.56 Å². The largest absolute Gasteiger partial charge is 0.493 e. The number of morpholine rings is 1. The van der Waals surface area contributed by atoms with Gasteiger partial charge in [0.1, 0.15) is 0 Å². The maximum Gasteiger partial charge on any atom is 0.387 e. The van der Waals surface area contributed by atoms with E-state index >= 15 is 0 Å². The van der Waals surface area contributed by atoms with Gasteiger partial charge in [-0.1, -0.05) is 6.07 Å². The molecule has 0 radical (unpaired) electrons. The summed E-state index contributed by atoms with van der Waals surface area (Å²) in [5, 5.41) is 0. The molecule has 0 spiro atoms. The van der Waals surface area contributed by atoms with Gasteiger partial charge in [0, 0.05) is 26.7 Å². The Morgan fingerprint density at radius 1 is 1.25 bits per heavy atom. The van der Waals surface area contributed by atoms with Crippen LogP contribution in [0.2, 0.25) is 0 Å². The fourth-order valence-corrected chi connectivity index (χ4v) is 3.46. The Morgan fingerprint density at radius 3 is 2.61 bits per heavy atom. The van der Waals surface area contributed by atoms with Crippen molar-refractivity contribution in [3.8, 4) is 11.5 Å². The second-order valence-electron chi connectivity index (χ2n) is 6.10. The molecule has 156 valence electrons. The van der Waals surface area contributed by atoms with Crippen molar-refractivity contribution in [2.24, 2.45) is 0 Å². The molecular weight excluding hydrogens is 394 g/mol. The van der Waals surface area contributed by atoms with E-state index in [2.05, 4.69) is 4.74 Å². The number of thioether (sulfide) groups is 1. The van der Waals surface area contributed by atoms with Gasteiger partial charge in [0.15, 0.2) is 11.5 Å². The summed E-state index contributed by atoms with van der Waals surface area (Å²) in [4.78, 5) is 27.6. The molecule has 1 aromatic carbocycles. The third-order valence-electron chi connectivity index (χ3n) is 4.10. The number of hydrogen-bond donors (Lipinski definition) is 0. The van der Waals surface area contributed by atoms with Crippen LogP contribution >= 0.6 is 11.8 Å². The normalized spacial score (nSPS) is 14.1.